The number of methoxy groups -OCH3 is 1. The van der Waals surface area contributed by atoms with Crippen LogP contribution in [-0.4, -0.2) is 34.4 Å². The number of ether oxygens (including phenoxy) is 1. The van der Waals surface area contributed by atoms with E-state index in [1.54, 1.807) is 18.1 Å². The van der Waals surface area contributed by atoms with Gasteiger partial charge in [0.2, 0.25) is 5.91 Å². The lowest BCUT2D eigenvalue weighted by atomic mass is 9.68. The van der Waals surface area contributed by atoms with Gasteiger partial charge in [0.25, 0.3) is 0 Å². The normalized spacial score (nSPS) is 16.0. The van der Waals surface area contributed by atoms with Crippen LogP contribution in [0.4, 0.5) is 0 Å². The first-order valence-electron chi connectivity index (χ1n) is 7.45. The SMILES string of the molecule is COCC1(C(=O)NCc2ccc(-n3cncn3)cc2)CCC1. The molecule has 0 bridgehead atoms. The van der Waals surface area contributed by atoms with Crippen molar-refractivity contribution >= 4 is 5.91 Å². The first-order chi connectivity index (χ1) is 10.7. The maximum atomic E-state index is 12.4. The maximum absolute atomic E-state index is 12.4. The lowest BCUT2D eigenvalue weighted by Gasteiger charge is -2.39. The fourth-order valence-corrected chi connectivity index (χ4v) is 2.79. The van der Waals surface area contributed by atoms with E-state index >= 15 is 0 Å². The standard InChI is InChI=1S/C16H20N4O2/c1-22-10-16(7-2-8-16)15(21)18-9-13-3-5-14(6-4-13)20-12-17-11-19-20/h3-6,11-12H,2,7-10H2,1H3,(H,18,21). The summed E-state index contributed by atoms with van der Waals surface area (Å²) in [6.07, 6.45) is 6.09. The molecule has 1 heterocycles. The minimum Gasteiger partial charge on any atom is -0.384 e. The van der Waals surface area contributed by atoms with E-state index in [0.29, 0.717) is 13.2 Å². The topological polar surface area (TPSA) is 69.0 Å². The Balaban J connectivity index is 1.58. The summed E-state index contributed by atoms with van der Waals surface area (Å²) in [5.74, 6) is 0.0981. The monoisotopic (exact) mass is 300 g/mol. The van der Waals surface area contributed by atoms with Crippen LogP contribution >= 0.6 is 0 Å². The minimum atomic E-state index is -0.310. The summed E-state index contributed by atoms with van der Waals surface area (Å²) < 4.78 is 6.90. The largest absolute Gasteiger partial charge is 0.384 e. The Hall–Kier alpha value is -2.21. The summed E-state index contributed by atoms with van der Waals surface area (Å²) in [6.45, 7) is 1.03. The number of aromatic nitrogens is 3. The van der Waals surface area contributed by atoms with E-state index in [0.717, 1.165) is 30.5 Å². The minimum absolute atomic E-state index is 0.0981. The summed E-state index contributed by atoms with van der Waals surface area (Å²) in [6, 6.07) is 7.90. The summed E-state index contributed by atoms with van der Waals surface area (Å²) >= 11 is 0. The Morgan fingerprint density at radius 2 is 2.14 bits per heavy atom. The molecule has 6 nitrogen and oxygen atoms in total. The Morgan fingerprint density at radius 3 is 2.68 bits per heavy atom. The van der Waals surface area contributed by atoms with Crippen molar-refractivity contribution in [1.82, 2.24) is 20.1 Å². The van der Waals surface area contributed by atoms with E-state index in [4.69, 9.17) is 4.74 Å². The van der Waals surface area contributed by atoms with Crippen molar-refractivity contribution in [3.8, 4) is 5.69 Å². The molecule has 2 aromatic rings. The van der Waals surface area contributed by atoms with Crippen molar-refractivity contribution in [1.29, 1.82) is 0 Å². The number of nitrogens with zero attached hydrogens (tertiary/aromatic N) is 3. The summed E-state index contributed by atoms with van der Waals surface area (Å²) in [7, 11) is 1.65. The van der Waals surface area contributed by atoms with Gasteiger partial charge in [-0.25, -0.2) is 9.67 Å². The molecule has 116 valence electrons. The number of rotatable bonds is 6. The summed E-state index contributed by atoms with van der Waals surface area (Å²) in [5, 5.41) is 7.11. The highest BCUT2D eigenvalue weighted by atomic mass is 16.5. The van der Waals surface area contributed by atoms with Gasteiger partial charge in [0.1, 0.15) is 12.7 Å². The third-order valence-corrected chi connectivity index (χ3v) is 4.29. The molecule has 1 aliphatic rings. The molecule has 1 aromatic carbocycles. The number of benzene rings is 1. The first kappa shape index (κ1) is 14.7. The molecule has 1 amide bonds. The molecule has 6 heteroatoms. The predicted molar refractivity (Wildman–Crippen MR) is 81.4 cm³/mol. The van der Waals surface area contributed by atoms with Gasteiger partial charge in [-0.1, -0.05) is 18.6 Å². The second kappa shape index (κ2) is 6.27. The van der Waals surface area contributed by atoms with Crippen LogP contribution in [0, 0.1) is 5.41 Å². The third kappa shape index (κ3) is 2.87. The van der Waals surface area contributed by atoms with Crippen LogP contribution < -0.4 is 5.32 Å². The molecule has 1 aromatic heterocycles. The van der Waals surface area contributed by atoms with Gasteiger partial charge >= 0.3 is 0 Å². The van der Waals surface area contributed by atoms with Crippen LogP contribution in [0.3, 0.4) is 0 Å². The van der Waals surface area contributed by atoms with E-state index in [-0.39, 0.29) is 11.3 Å². The van der Waals surface area contributed by atoms with Crippen molar-refractivity contribution in [2.45, 2.75) is 25.8 Å². The van der Waals surface area contributed by atoms with Gasteiger partial charge in [-0.2, -0.15) is 5.10 Å². The van der Waals surface area contributed by atoms with Crippen LogP contribution in [0.25, 0.3) is 5.69 Å². The molecular weight excluding hydrogens is 280 g/mol. The van der Waals surface area contributed by atoms with Crippen molar-refractivity contribution in [2.75, 3.05) is 13.7 Å². The molecule has 0 radical (unpaired) electrons. The Kier molecular flexibility index (Phi) is 4.20. The highest BCUT2D eigenvalue weighted by Gasteiger charge is 2.43. The number of amides is 1. The zero-order valence-electron chi connectivity index (χ0n) is 12.7. The molecule has 0 atom stereocenters. The fraction of sp³-hybridized carbons (Fsp3) is 0.438. The molecule has 0 aliphatic heterocycles. The summed E-state index contributed by atoms with van der Waals surface area (Å²) in [5.41, 5.74) is 1.70. The zero-order valence-corrected chi connectivity index (χ0v) is 12.7. The first-order valence-corrected chi connectivity index (χ1v) is 7.45. The predicted octanol–water partition coefficient (Wildman–Crippen LogP) is 1.70. The Bertz CT molecular complexity index is 618. The molecule has 3 rings (SSSR count). The van der Waals surface area contributed by atoms with Gasteiger partial charge in [0.05, 0.1) is 17.7 Å². The van der Waals surface area contributed by atoms with E-state index in [2.05, 4.69) is 15.4 Å². The van der Waals surface area contributed by atoms with Crippen molar-refractivity contribution in [2.24, 2.45) is 5.41 Å². The smallest absolute Gasteiger partial charge is 0.228 e. The van der Waals surface area contributed by atoms with E-state index in [9.17, 15) is 4.79 Å². The van der Waals surface area contributed by atoms with Crippen molar-refractivity contribution < 1.29 is 9.53 Å². The zero-order chi connectivity index (χ0) is 15.4. The van der Waals surface area contributed by atoms with Gasteiger partial charge in [-0.3, -0.25) is 4.79 Å². The van der Waals surface area contributed by atoms with E-state index in [1.807, 2.05) is 24.3 Å². The Morgan fingerprint density at radius 1 is 1.36 bits per heavy atom. The van der Waals surface area contributed by atoms with Crippen molar-refractivity contribution in [3.05, 3.63) is 42.5 Å². The number of carbonyl (C=O) groups is 1. The second-order valence-corrected chi connectivity index (χ2v) is 5.76. The van der Waals surface area contributed by atoms with Crippen LogP contribution in [0.2, 0.25) is 0 Å². The fourth-order valence-electron chi connectivity index (χ4n) is 2.79. The second-order valence-electron chi connectivity index (χ2n) is 5.76. The molecular formula is C16H20N4O2. The molecule has 1 saturated carbocycles. The quantitative estimate of drug-likeness (QED) is 0.881. The number of hydrogen-bond donors (Lipinski definition) is 1. The molecule has 0 spiro atoms. The highest BCUT2D eigenvalue weighted by Crippen LogP contribution is 2.41. The van der Waals surface area contributed by atoms with E-state index < -0.39 is 0 Å². The lowest BCUT2D eigenvalue weighted by Crippen LogP contribution is -2.48. The molecule has 0 unspecified atom stereocenters. The molecule has 1 fully saturated rings. The van der Waals surface area contributed by atoms with Gasteiger partial charge in [0.15, 0.2) is 0 Å². The number of carbonyl (C=O) groups excluding carboxylic acids is 1. The van der Waals surface area contributed by atoms with Gasteiger partial charge in [-0.05, 0) is 30.5 Å². The van der Waals surface area contributed by atoms with Crippen LogP contribution in [0.5, 0.6) is 0 Å². The average Bonchev–Trinajstić information content (AvgIpc) is 3.03. The van der Waals surface area contributed by atoms with Crippen LogP contribution in [-0.2, 0) is 16.1 Å². The molecule has 1 N–H and O–H groups in total. The van der Waals surface area contributed by atoms with Crippen LogP contribution in [0.15, 0.2) is 36.9 Å². The molecule has 0 saturated heterocycles. The third-order valence-electron chi connectivity index (χ3n) is 4.29. The van der Waals surface area contributed by atoms with Crippen LogP contribution in [0.1, 0.15) is 24.8 Å². The van der Waals surface area contributed by atoms with Crippen molar-refractivity contribution in [3.63, 3.8) is 0 Å². The highest BCUT2D eigenvalue weighted by molar-refractivity contribution is 5.83. The average molecular weight is 300 g/mol. The Labute approximate surface area is 129 Å². The maximum Gasteiger partial charge on any atom is 0.228 e. The molecule has 1 aliphatic carbocycles. The lowest BCUT2D eigenvalue weighted by molar-refractivity contribution is -0.140. The van der Waals surface area contributed by atoms with Gasteiger partial charge < -0.3 is 10.1 Å². The number of nitrogens with one attached hydrogen (secondary N) is 1. The molecule has 22 heavy (non-hydrogen) atoms. The van der Waals surface area contributed by atoms with E-state index in [1.165, 1.54) is 6.33 Å². The van der Waals surface area contributed by atoms with Gasteiger partial charge in [-0.15, -0.1) is 0 Å². The summed E-state index contributed by atoms with van der Waals surface area (Å²) in [4.78, 5) is 16.3. The number of hydrogen-bond acceptors (Lipinski definition) is 4. The van der Waals surface area contributed by atoms with Gasteiger partial charge in [0, 0.05) is 13.7 Å².